The van der Waals surface area contributed by atoms with Crippen molar-refractivity contribution in [3.63, 3.8) is 0 Å². The summed E-state index contributed by atoms with van der Waals surface area (Å²) in [4.78, 5) is 0. The summed E-state index contributed by atoms with van der Waals surface area (Å²) in [6.45, 7) is 27.7. The maximum Gasteiger partial charge on any atom is 0.185 e. The topological polar surface area (TPSA) is 9.23 Å². The van der Waals surface area contributed by atoms with Gasteiger partial charge in [0.05, 0.1) is 4.20 Å². The molecule has 33 heavy (non-hydrogen) atoms. The van der Waals surface area contributed by atoms with Crippen LogP contribution in [0.2, 0.25) is 19.6 Å². The standard InChI is InChI=1S/C29H44BrOPSi/c1-27(2,3)21-18-22(28(4,5)6)25(23(19-21)29(7,8)9)32-26(30)24(31-33(10,11)12)20-16-14-13-15-17-20/h13-19,24H,1-12H3. The SMILES string of the molecule is CC(C)(C)c1cc(C(C)(C)C)c(P=C(Br)C(O[Si](C)(C)C)c2ccccc2)c(C(C)(C)C)c1. The van der Waals surface area contributed by atoms with E-state index in [9.17, 15) is 0 Å². The van der Waals surface area contributed by atoms with Crippen LogP contribution in [0, 0.1) is 0 Å². The minimum Gasteiger partial charge on any atom is -0.406 e. The second-order valence-electron chi connectivity index (χ2n) is 13.1. The molecule has 0 spiro atoms. The van der Waals surface area contributed by atoms with E-state index in [-0.39, 0.29) is 22.3 Å². The van der Waals surface area contributed by atoms with Crippen molar-refractivity contribution in [2.75, 3.05) is 0 Å². The normalized spacial score (nSPS) is 15.0. The molecule has 1 atom stereocenters. The van der Waals surface area contributed by atoms with Gasteiger partial charge in [-0.3, -0.25) is 0 Å². The molecule has 0 aromatic heterocycles. The molecule has 2 aromatic rings. The predicted octanol–water partition coefficient (Wildman–Crippen LogP) is 9.27. The summed E-state index contributed by atoms with van der Waals surface area (Å²) in [6.07, 6.45) is -0.0672. The molecule has 1 nitrogen and oxygen atoms in total. The van der Waals surface area contributed by atoms with Gasteiger partial charge in [0.1, 0.15) is 6.10 Å². The Balaban J connectivity index is 2.84. The van der Waals surface area contributed by atoms with Gasteiger partial charge in [0, 0.05) is 5.30 Å². The first kappa shape index (κ1) is 28.5. The van der Waals surface area contributed by atoms with Crippen molar-refractivity contribution < 1.29 is 4.43 Å². The van der Waals surface area contributed by atoms with Gasteiger partial charge in [-0.25, -0.2) is 0 Å². The third-order valence-corrected chi connectivity index (χ3v) is 8.64. The molecule has 0 bridgehead atoms. The summed E-state index contributed by atoms with van der Waals surface area (Å²) in [6, 6.07) is 15.5. The average molecular weight is 548 g/mol. The van der Waals surface area contributed by atoms with Crippen LogP contribution in [-0.2, 0) is 20.7 Å². The van der Waals surface area contributed by atoms with Crippen molar-refractivity contribution in [1.82, 2.24) is 0 Å². The van der Waals surface area contributed by atoms with E-state index in [2.05, 4.69) is 140 Å². The van der Waals surface area contributed by atoms with E-state index < -0.39 is 8.32 Å². The Morgan fingerprint density at radius 3 is 1.61 bits per heavy atom. The predicted molar refractivity (Wildman–Crippen MR) is 157 cm³/mol. The van der Waals surface area contributed by atoms with Crippen LogP contribution in [-0.4, -0.2) is 12.5 Å². The molecule has 0 fully saturated rings. The zero-order valence-corrected chi connectivity index (χ0v) is 26.3. The van der Waals surface area contributed by atoms with Gasteiger partial charge >= 0.3 is 0 Å². The molecule has 0 aliphatic heterocycles. The minimum atomic E-state index is -1.77. The summed E-state index contributed by atoms with van der Waals surface area (Å²) in [5.41, 5.74) is 5.66. The van der Waals surface area contributed by atoms with Crippen LogP contribution < -0.4 is 5.30 Å². The molecule has 182 valence electrons. The van der Waals surface area contributed by atoms with Crippen molar-refractivity contribution in [2.24, 2.45) is 0 Å². The monoisotopic (exact) mass is 546 g/mol. The van der Waals surface area contributed by atoms with Crippen LogP contribution in [0.15, 0.2) is 42.5 Å². The first-order valence-electron chi connectivity index (χ1n) is 12.0. The summed E-state index contributed by atoms with van der Waals surface area (Å²) in [5.74, 6) is 0. The number of rotatable bonds is 5. The van der Waals surface area contributed by atoms with Crippen molar-refractivity contribution in [3.8, 4) is 0 Å². The highest BCUT2D eigenvalue weighted by Gasteiger charge is 2.30. The van der Waals surface area contributed by atoms with E-state index in [0.29, 0.717) is 0 Å². The van der Waals surface area contributed by atoms with E-state index in [1.807, 2.05) is 0 Å². The quantitative estimate of drug-likeness (QED) is 0.268. The molecule has 0 saturated carbocycles. The molecule has 2 rings (SSSR count). The fourth-order valence-corrected chi connectivity index (χ4v) is 7.43. The highest BCUT2D eigenvalue weighted by atomic mass is 79.9. The zero-order valence-electron chi connectivity index (χ0n) is 22.9. The molecule has 0 heterocycles. The van der Waals surface area contributed by atoms with Gasteiger partial charge in [-0.2, -0.15) is 0 Å². The number of benzene rings is 2. The molecular formula is C29H44BrOPSi. The highest BCUT2D eigenvalue weighted by Crippen LogP contribution is 2.37. The van der Waals surface area contributed by atoms with Crippen LogP contribution in [0.4, 0.5) is 0 Å². The molecule has 4 heteroatoms. The smallest absolute Gasteiger partial charge is 0.185 e. The summed E-state index contributed by atoms with van der Waals surface area (Å²) in [7, 11) is -0.588. The maximum absolute atomic E-state index is 6.73. The third-order valence-electron chi connectivity index (χ3n) is 5.60. The number of hydrogen-bond acceptors (Lipinski definition) is 1. The molecular weight excluding hydrogens is 503 g/mol. The van der Waals surface area contributed by atoms with Crippen LogP contribution in [0.25, 0.3) is 0 Å². The molecule has 1 unspecified atom stereocenters. The zero-order chi connectivity index (χ0) is 25.4. The second kappa shape index (κ2) is 10.1. The maximum atomic E-state index is 6.73. The fourth-order valence-electron chi connectivity index (χ4n) is 3.73. The molecule has 0 saturated heterocycles. The van der Waals surface area contributed by atoms with Crippen molar-refractivity contribution in [1.29, 1.82) is 0 Å². The van der Waals surface area contributed by atoms with Crippen molar-refractivity contribution in [2.45, 2.75) is 104 Å². The molecule has 0 radical (unpaired) electrons. The largest absolute Gasteiger partial charge is 0.406 e. The molecule has 0 aliphatic carbocycles. The van der Waals surface area contributed by atoms with Gasteiger partial charge in [0.15, 0.2) is 8.32 Å². The Kier molecular flexibility index (Phi) is 8.72. The van der Waals surface area contributed by atoms with Gasteiger partial charge in [0.25, 0.3) is 0 Å². The molecule has 0 amide bonds. The first-order chi connectivity index (χ1) is 14.8. The van der Waals surface area contributed by atoms with Crippen LogP contribution in [0.5, 0.6) is 0 Å². The van der Waals surface area contributed by atoms with Crippen LogP contribution in [0.3, 0.4) is 0 Å². The Hall–Kier alpha value is -0.733. The van der Waals surface area contributed by atoms with Gasteiger partial charge in [-0.15, -0.1) is 0 Å². The van der Waals surface area contributed by atoms with E-state index in [0.717, 1.165) is 0 Å². The summed E-state index contributed by atoms with van der Waals surface area (Å²) < 4.78 is 7.91. The van der Waals surface area contributed by atoms with Crippen molar-refractivity contribution >= 4 is 42.0 Å². The Labute approximate surface area is 214 Å². The Morgan fingerprint density at radius 2 is 1.24 bits per heavy atom. The lowest BCUT2D eigenvalue weighted by molar-refractivity contribution is 0.272. The fraction of sp³-hybridized carbons (Fsp3) is 0.552. The average Bonchev–Trinajstić information content (AvgIpc) is 2.63. The lowest BCUT2D eigenvalue weighted by Gasteiger charge is -2.33. The van der Waals surface area contributed by atoms with Crippen LogP contribution >= 0.6 is 24.1 Å². The van der Waals surface area contributed by atoms with Gasteiger partial charge < -0.3 is 4.43 Å². The Morgan fingerprint density at radius 1 is 0.788 bits per heavy atom. The van der Waals surface area contributed by atoms with E-state index in [4.69, 9.17) is 4.43 Å². The third kappa shape index (κ3) is 7.89. The van der Waals surface area contributed by atoms with Gasteiger partial charge in [-0.05, 0) is 74.1 Å². The van der Waals surface area contributed by atoms with E-state index in [1.165, 1.54) is 40.0 Å². The van der Waals surface area contributed by atoms with Crippen LogP contribution in [0.1, 0.15) is 90.7 Å². The lowest BCUT2D eigenvalue weighted by Crippen LogP contribution is -2.32. The Bertz CT molecular complexity index is 948. The first-order valence-corrected chi connectivity index (χ1v) is 17.1. The van der Waals surface area contributed by atoms with Gasteiger partial charge in [0.2, 0.25) is 0 Å². The minimum absolute atomic E-state index is 0.0404. The number of hydrogen-bond donors (Lipinski definition) is 0. The lowest BCUT2D eigenvalue weighted by atomic mass is 9.75. The summed E-state index contributed by atoms with van der Waals surface area (Å²) in [5, 5.41) is 1.41. The number of halogens is 1. The summed E-state index contributed by atoms with van der Waals surface area (Å²) >= 11 is 4.03. The van der Waals surface area contributed by atoms with E-state index >= 15 is 0 Å². The van der Waals surface area contributed by atoms with E-state index in [1.54, 1.807) is 0 Å². The van der Waals surface area contributed by atoms with Gasteiger partial charge in [-0.1, -0.05) is 113 Å². The highest BCUT2D eigenvalue weighted by molar-refractivity contribution is 9.19. The molecule has 0 aliphatic rings. The molecule has 2 aromatic carbocycles. The molecule has 0 N–H and O–H groups in total. The van der Waals surface area contributed by atoms with Crippen molar-refractivity contribution in [3.05, 3.63) is 64.7 Å². The second-order valence-corrected chi connectivity index (χ2v) is 20.2.